The van der Waals surface area contributed by atoms with Crippen LogP contribution in [0.2, 0.25) is 0 Å². The summed E-state index contributed by atoms with van der Waals surface area (Å²) in [6.07, 6.45) is 1.66. The van der Waals surface area contributed by atoms with Crippen LogP contribution in [0.25, 0.3) is 0 Å². The first-order chi connectivity index (χ1) is 8.62. The molecule has 0 aliphatic carbocycles. The number of ether oxygens (including phenoxy) is 1. The molecule has 0 bridgehead atoms. The third-order valence-electron chi connectivity index (χ3n) is 4.09. The van der Waals surface area contributed by atoms with E-state index in [9.17, 15) is 0 Å². The van der Waals surface area contributed by atoms with Crippen molar-refractivity contribution in [1.29, 1.82) is 0 Å². The predicted molar refractivity (Wildman–Crippen MR) is 71.9 cm³/mol. The van der Waals surface area contributed by atoms with E-state index in [0.29, 0.717) is 10.9 Å². The van der Waals surface area contributed by atoms with Gasteiger partial charge in [-0.25, -0.2) is 0 Å². The number of methoxy groups -OCH3 is 1. The Bertz CT molecular complexity index is 421. The molecule has 2 aliphatic rings. The number of hydrogen-bond donors (Lipinski definition) is 0. The van der Waals surface area contributed by atoms with Gasteiger partial charge in [-0.05, 0) is 20.3 Å². The Morgan fingerprint density at radius 3 is 2.83 bits per heavy atom. The van der Waals surface area contributed by atoms with Gasteiger partial charge in [-0.2, -0.15) is 0 Å². The second-order valence-electron chi connectivity index (χ2n) is 5.50. The van der Waals surface area contributed by atoms with E-state index in [1.165, 1.54) is 25.1 Å². The van der Waals surface area contributed by atoms with Crippen LogP contribution >= 0.6 is 11.8 Å². The molecule has 0 radical (unpaired) electrons. The Kier molecular flexibility index (Phi) is 3.16. The minimum atomic E-state index is 0.455. The van der Waals surface area contributed by atoms with E-state index in [1.807, 2.05) is 21.0 Å². The lowest BCUT2D eigenvalue weighted by atomic mass is 9.92. The van der Waals surface area contributed by atoms with Crippen molar-refractivity contribution in [2.75, 3.05) is 26.0 Å². The molecule has 0 N–H and O–H groups in total. The first kappa shape index (κ1) is 12.5. The molecule has 1 aromatic heterocycles. The van der Waals surface area contributed by atoms with Crippen LogP contribution in [0.15, 0.2) is 4.52 Å². The molecule has 1 unspecified atom stereocenters. The van der Waals surface area contributed by atoms with Crippen LogP contribution in [0.4, 0.5) is 0 Å². The van der Waals surface area contributed by atoms with Crippen molar-refractivity contribution in [1.82, 2.24) is 10.1 Å². The second kappa shape index (κ2) is 4.54. The molecule has 2 fully saturated rings. The molecule has 0 aromatic carbocycles. The Labute approximate surface area is 112 Å². The molecule has 4 nitrogen and oxygen atoms in total. The molecular formula is C13H20N2O2S. The number of aromatic nitrogens is 1. The quantitative estimate of drug-likeness (QED) is 0.838. The molecule has 1 spiro atoms. The van der Waals surface area contributed by atoms with Crippen molar-refractivity contribution in [3.63, 3.8) is 0 Å². The maximum atomic E-state index is 5.46. The Balaban J connectivity index is 1.57. The molecule has 1 aromatic rings. The smallest absolute Gasteiger partial charge is 0.138 e. The van der Waals surface area contributed by atoms with Crippen molar-refractivity contribution in [3.05, 3.63) is 17.0 Å². The molecule has 3 heterocycles. The molecule has 2 aliphatic heterocycles. The zero-order valence-electron chi connectivity index (χ0n) is 11.2. The number of thioether (sulfide) groups is 1. The van der Waals surface area contributed by atoms with E-state index in [-0.39, 0.29) is 0 Å². The van der Waals surface area contributed by atoms with Gasteiger partial charge in [0.05, 0.1) is 11.8 Å². The van der Waals surface area contributed by atoms with E-state index in [2.05, 4.69) is 21.8 Å². The zero-order valence-corrected chi connectivity index (χ0v) is 12.0. The van der Waals surface area contributed by atoms with Gasteiger partial charge < -0.3 is 9.26 Å². The van der Waals surface area contributed by atoms with E-state index < -0.39 is 0 Å². The molecule has 3 rings (SSSR count). The van der Waals surface area contributed by atoms with Crippen LogP contribution in [-0.2, 0) is 11.3 Å². The number of aryl methyl sites for hydroxylation is 2. The largest absolute Gasteiger partial charge is 0.381 e. The summed E-state index contributed by atoms with van der Waals surface area (Å²) in [5.41, 5.74) is 2.29. The Morgan fingerprint density at radius 1 is 1.50 bits per heavy atom. The monoisotopic (exact) mass is 268 g/mol. The normalized spacial score (nSPS) is 26.7. The van der Waals surface area contributed by atoms with Gasteiger partial charge in [0.1, 0.15) is 5.76 Å². The highest BCUT2D eigenvalue weighted by Gasteiger charge is 2.49. The SMILES string of the molecule is COC1CSC2(C1)CN(Cc1c(C)noc1C)C2. The van der Waals surface area contributed by atoms with Gasteiger partial charge in [0.15, 0.2) is 0 Å². The average molecular weight is 268 g/mol. The van der Waals surface area contributed by atoms with Crippen LogP contribution < -0.4 is 0 Å². The van der Waals surface area contributed by atoms with E-state index in [4.69, 9.17) is 9.26 Å². The third-order valence-corrected chi connectivity index (χ3v) is 5.67. The summed E-state index contributed by atoms with van der Waals surface area (Å²) < 4.78 is 11.1. The first-order valence-corrected chi connectivity index (χ1v) is 7.41. The van der Waals surface area contributed by atoms with Crippen molar-refractivity contribution in [2.24, 2.45) is 0 Å². The molecule has 2 saturated heterocycles. The van der Waals surface area contributed by atoms with Gasteiger partial charge in [0.2, 0.25) is 0 Å². The maximum absolute atomic E-state index is 5.46. The fraction of sp³-hybridized carbons (Fsp3) is 0.769. The molecule has 18 heavy (non-hydrogen) atoms. The van der Waals surface area contributed by atoms with Gasteiger partial charge in [-0.1, -0.05) is 5.16 Å². The number of likely N-dealkylation sites (tertiary alicyclic amines) is 1. The molecule has 1 atom stereocenters. The summed E-state index contributed by atoms with van der Waals surface area (Å²) in [6, 6.07) is 0. The Morgan fingerprint density at radius 2 is 2.28 bits per heavy atom. The Hall–Kier alpha value is -0.520. The van der Waals surface area contributed by atoms with Crippen molar-refractivity contribution in [2.45, 2.75) is 37.7 Å². The highest BCUT2D eigenvalue weighted by atomic mass is 32.2. The van der Waals surface area contributed by atoms with Gasteiger partial charge in [-0.15, -0.1) is 11.8 Å². The lowest BCUT2D eigenvalue weighted by molar-refractivity contribution is 0.0628. The van der Waals surface area contributed by atoms with E-state index in [0.717, 1.165) is 23.8 Å². The second-order valence-corrected chi connectivity index (χ2v) is 6.99. The average Bonchev–Trinajstić information content (AvgIpc) is 2.87. The summed E-state index contributed by atoms with van der Waals surface area (Å²) in [4.78, 5) is 2.48. The lowest BCUT2D eigenvalue weighted by Gasteiger charge is -2.47. The minimum absolute atomic E-state index is 0.455. The minimum Gasteiger partial charge on any atom is -0.381 e. The highest BCUT2D eigenvalue weighted by Crippen LogP contribution is 2.46. The standard InChI is InChI=1S/C13H20N2O2S/c1-9-12(10(2)17-14-9)5-15-7-13(8-15)4-11(16-3)6-18-13/h11H,4-8H2,1-3H3. The van der Waals surface area contributed by atoms with Crippen LogP contribution in [-0.4, -0.2) is 46.9 Å². The molecule has 0 amide bonds. The van der Waals surface area contributed by atoms with Crippen LogP contribution in [0, 0.1) is 13.8 Å². The summed E-state index contributed by atoms with van der Waals surface area (Å²) in [5, 5.41) is 4.02. The van der Waals surface area contributed by atoms with Gasteiger partial charge in [0, 0.05) is 42.8 Å². The van der Waals surface area contributed by atoms with E-state index in [1.54, 1.807) is 0 Å². The topological polar surface area (TPSA) is 38.5 Å². The molecule has 100 valence electrons. The zero-order chi connectivity index (χ0) is 12.8. The fourth-order valence-corrected chi connectivity index (χ4v) is 4.65. The number of hydrogen-bond acceptors (Lipinski definition) is 5. The fourth-order valence-electron chi connectivity index (χ4n) is 3.01. The van der Waals surface area contributed by atoms with E-state index >= 15 is 0 Å². The van der Waals surface area contributed by atoms with Gasteiger partial charge in [0.25, 0.3) is 0 Å². The van der Waals surface area contributed by atoms with Crippen LogP contribution in [0.1, 0.15) is 23.4 Å². The van der Waals surface area contributed by atoms with Crippen molar-refractivity contribution >= 4 is 11.8 Å². The third kappa shape index (κ3) is 2.08. The van der Waals surface area contributed by atoms with Crippen molar-refractivity contribution < 1.29 is 9.26 Å². The molecule has 5 heteroatoms. The predicted octanol–water partition coefficient (Wildman–Crippen LogP) is 2.00. The van der Waals surface area contributed by atoms with Gasteiger partial charge >= 0.3 is 0 Å². The van der Waals surface area contributed by atoms with Crippen LogP contribution in [0.5, 0.6) is 0 Å². The summed E-state index contributed by atoms with van der Waals surface area (Å²) in [6.45, 7) is 7.33. The molecule has 0 saturated carbocycles. The lowest BCUT2D eigenvalue weighted by Crippen LogP contribution is -2.58. The molecular weight excluding hydrogens is 248 g/mol. The van der Waals surface area contributed by atoms with Crippen LogP contribution in [0.3, 0.4) is 0 Å². The summed E-state index contributed by atoms with van der Waals surface area (Å²) in [7, 11) is 1.82. The van der Waals surface area contributed by atoms with Crippen molar-refractivity contribution in [3.8, 4) is 0 Å². The summed E-state index contributed by atoms with van der Waals surface area (Å²) >= 11 is 2.08. The number of nitrogens with zero attached hydrogens (tertiary/aromatic N) is 2. The number of rotatable bonds is 3. The highest BCUT2D eigenvalue weighted by molar-refractivity contribution is 8.01. The maximum Gasteiger partial charge on any atom is 0.138 e. The first-order valence-electron chi connectivity index (χ1n) is 6.43. The summed E-state index contributed by atoms with van der Waals surface area (Å²) in [5.74, 6) is 2.11. The van der Waals surface area contributed by atoms with Gasteiger partial charge in [-0.3, -0.25) is 4.90 Å².